The van der Waals surface area contributed by atoms with Crippen LogP contribution < -0.4 is 10.5 Å². The summed E-state index contributed by atoms with van der Waals surface area (Å²) in [4.78, 5) is 0. The molecule has 0 aliphatic heterocycles. The van der Waals surface area contributed by atoms with Gasteiger partial charge in [0.05, 0.1) is 7.11 Å². The van der Waals surface area contributed by atoms with Gasteiger partial charge in [-0.2, -0.15) is 0 Å². The van der Waals surface area contributed by atoms with E-state index in [1.54, 1.807) is 7.11 Å². The van der Waals surface area contributed by atoms with Gasteiger partial charge in [0.2, 0.25) is 0 Å². The predicted molar refractivity (Wildman–Crippen MR) is 84.1 cm³/mol. The van der Waals surface area contributed by atoms with Crippen molar-refractivity contribution in [1.82, 2.24) is 0 Å². The second kappa shape index (κ2) is 6.78. The van der Waals surface area contributed by atoms with E-state index in [-0.39, 0.29) is 18.4 Å². The van der Waals surface area contributed by atoms with Crippen LogP contribution in [0.1, 0.15) is 31.9 Å². The van der Waals surface area contributed by atoms with Crippen molar-refractivity contribution in [2.45, 2.75) is 26.3 Å². The molecule has 0 saturated heterocycles. The molecule has 0 bridgehead atoms. The number of halogens is 1. The first-order valence-electron chi connectivity index (χ1n) is 6.44. The third kappa shape index (κ3) is 3.40. The first kappa shape index (κ1) is 15.8. The standard InChI is InChI=1S/C16H21NO.ClH/c1-11(2)10-15(17)13-8-9-16(18-3)14-7-5-4-6-12(13)14;/h4-9,11,15H,10,17H2,1-3H3;1H/t15-;/m1./s1. The molecule has 0 amide bonds. The Morgan fingerprint density at radius 2 is 1.68 bits per heavy atom. The molecule has 1 atom stereocenters. The van der Waals surface area contributed by atoms with E-state index < -0.39 is 0 Å². The van der Waals surface area contributed by atoms with Crippen LogP contribution in [0.2, 0.25) is 0 Å². The average Bonchev–Trinajstić information content (AvgIpc) is 2.36. The molecule has 2 rings (SSSR count). The SMILES string of the molecule is COc1ccc([C@H](N)CC(C)C)c2ccccc12.Cl. The first-order chi connectivity index (χ1) is 8.63. The minimum absolute atomic E-state index is 0. The van der Waals surface area contributed by atoms with Gasteiger partial charge in [-0.05, 0) is 29.4 Å². The van der Waals surface area contributed by atoms with E-state index >= 15 is 0 Å². The second-order valence-corrected chi connectivity index (χ2v) is 5.14. The summed E-state index contributed by atoms with van der Waals surface area (Å²) in [6.45, 7) is 4.40. The van der Waals surface area contributed by atoms with Crippen molar-refractivity contribution in [3.05, 3.63) is 42.0 Å². The number of rotatable bonds is 4. The van der Waals surface area contributed by atoms with Crippen molar-refractivity contribution in [3.63, 3.8) is 0 Å². The molecule has 0 aliphatic carbocycles. The van der Waals surface area contributed by atoms with E-state index in [2.05, 4.69) is 32.0 Å². The number of ether oxygens (including phenoxy) is 1. The summed E-state index contributed by atoms with van der Waals surface area (Å²) in [6, 6.07) is 12.5. The van der Waals surface area contributed by atoms with Gasteiger partial charge in [0, 0.05) is 11.4 Å². The molecule has 0 spiro atoms. The Labute approximate surface area is 121 Å². The van der Waals surface area contributed by atoms with Crippen LogP contribution in [0.5, 0.6) is 5.75 Å². The van der Waals surface area contributed by atoms with Gasteiger partial charge in [-0.1, -0.05) is 44.2 Å². The zero-order valence-electron chi connectivity index (χ0n) is 11.7. The van der Waals surface area contributed by atoms with Gasteiger partial charge in [-0.25, -0.2) is 0 Å². The molecule has 2 N–H and O–H groups in total. The number of benzene rings is 2. The molecule has 104 valence electrons. The Morgan fingerprint density at radius 3 is 2.26 bits per heavy atom. The summed E-state index contributed by atoms with van der Waals surface area (Å²) in [6.07, 6.45) is 0.996. The lowest BCUT2D eigenvalue weighted by molar-refractivity contribution is 0.419. The zero-order valence-corrected chi connectivity index (χ0v) is 12.5. The molecule has 2 nitrogen and oxygen atoms in total. The summed E-state index contributed by atoms with van der Waals surface area (Å²) in [5, 5.41) is 2.33. The van der Waals surface area contributed by atoms with Crippen molar-refractivity contribution < 1.29 is 4.74 Å². The lowest BCUT2D eigenvalue weighted by Crippen LogP contribution is -2.13. The van der Waals surface area contributed by atoms with Gasteiger partial charge in [0.25, 0.3) is 0 Å². The Hall–Kier alpha value is -1.25. The first-order valence-corrected chi connectivity index (χ1v) is 6.44. The minimum Gasteiger partial charge on any atom is -0.496 e. The molecule has 0 radical (unpaired) electrons. The third-order valence-electron chi connectivity index (χ3n) is 3.26. The lowest BCUT2D eigenvalue weighted by Gasteiger charge is -2.18. The molecule has 2 aromatic rings. The average molecular weight is 280 g/mol. The van der Waals surface area contributed by atoms with Crippen LogP contribution in [0.4, 0.5) is 0 Å². The third-order valence-corrected chi connectivity index (χ3v) is 3.26. The summed E-state index contributed by atoms with van der Waals surface area (Å²) >= 11 is 0. The lowest BCUT2D eigenvalue weighted by atomic mass is 9.93. The smallest absolute Gasteiger partial charge is 0.126 e. The van der Waals surface area contributed by atoms with Crippen LogP contribution >= 0.6 is 12.4 Å². The van der Waals surface area contributed by atoms with Crippen LogP contribution in [-0.4, -0.2) is 7.11 Å². The van der Waals surface area contributed by atoms with E-state index in [1.807, 2.05) is 18.2 Å². The topological polar surface area (TPSA) is 35.2 Å². The van der Waals surface area contributed by atoms with Gasteiger partial charge in [0.1, 0.15) is 5.75 Å². The van der Waals surface area contributed by atoms with Crippen LogP contribution in [0.15, 0.2) is 36.4 Å². The molecule has 3 heteroatoms. The molecule has 0 aromatic heterocycles. The normalized spacial score (nSPS) is 12.3. The molecular formula is C16H22ClNO. The molecule has 0 aliphatic rings. The highest BCUT2D eigenvalue weighted by molar-refractivity contribution is 5.91. The van der Waals surface area contributed by atoms with Crippen molar-refractivity contribution in [2.24, 2.45) is 11.7 Å². The zero-order chi connectivity index (χ0) is 13.1. The molecule has 2 aromatic carbocycles. The Bertz CT molecular complexity index is 539. The number of nitrogens with two attached hydrogens (primary N) is 1. The van der Waals surface area contributed by atoms with Gasteiger partial charge >= 0.3 is 0 Å². The van der Waals surface area contributed by atoms with E-state index in [4.69, 9.17) is 10.5 Å². The van der Waals surface area contributed by atoms with Gasteiger partial charge in [-0.15, -0.1) is 12.4 Å². The molecule has 0 saturated carbocycles. The molecule has 0 unspecified atom stereocenters. The van der Waals surface area contributed by atoms with Crippen LogP contribution in [0.25, 0.3) is 10.8 Å². The van der Waals surface area contributed by atoms with E-state index in [9.17, 15) is 0 Å². The highest BCUT2D eigenvalue weighted by atomic mass is 35.5. The number of hydrogen-bond acceptors (Lipinski definition) is 2. The highest BCUT2D eigenvalue weighted by Crippen LogP contribution is 2.32. The predicted octanol–water partition coefficient (Wildman–Crippen LogP) is 4.32. The summed E-state index contributed by atoms with van der Waals surface area (Å²) < 4.78 is 5.40. The maximum Gasteiger partial charge on any atom is 0.126 e. The number of methoxy groups -OCH3 is 1. The molecule has 0 fully saturated rings. The second-order valence-electron chi connectivity index (χ2n) is 5.14. The summed E-state index contributed by atoms with van der Waals surface area (Å²) in [5.74, 6) is 1.51. The van der Waals surface area contributed by atoms with Crippen LogP contribution in [-0.2, 0) is 0 Å². The maximum atomic E-state index is 6.31. The van der Waals surface area contributed by atoms with Crippen molar-refractivity contribution in [3.8, 4) is 5.75 Å². The largest absolute Gasteiger partial charge is 0.496 e. The summed E-state index contributed by atoms with van der Waals surface area (Å²) in [7, 11) is 1.70. The van der Waals surface area contributed by atoms with Crippen molar-refractivity contribution in [1.29, 1.82) is 0 Å². The minimum atomic E-state index is 0. The Balaban J connectivity index is 0.00000180. The van der Waals surface area contributed by atoms with Crippen LogP contribution in [0, 0.1) is 5.92 Å². The fraction of sp³-hybridized carbons (Fsp3) is 0.375. The fourth-order valence-corrected chi connectivity index (χ4v) is 2.43. The highest BCUT2D eigenvalue weighted by Gasteiger charge is 2.13. The molecule has 0 heterocycles. The van der Waals surface area contributed by atoms with E-state index in [0.717, 1.165) is 17.6 Å². The summed E-state index contributed by atoms with van der Waals surface area (Å²) in [5.41, 5.74) is 7.52. The number of hydrogen-bond donors (Lipinski definition) is 1. The Morgan fingerprint density at radius 1 is 1.05 bits per heavy atom. The quantitative estimate of drug-likeness (QED) is 0.905. The van der Waals surface area contributed by atoms with Gasteiger partial charge < -0.3 is 10.5 Å². The van der Waals surface area contributed by atoms with E-state index in [0.29, 0.717) is 5.92 Å². The van der Waals surface area contributed by atoms with Gasteiger partial charge in [0.15, 0.2) is 0 Å². The monoisotopic (exact) mass is 279 g/mol. The molecular weight excluding hydrogens is 258 g/mol. The van der Waals surface area contributed by atoms with E-state index in [1.165, 1.54) is 10.9 Å². The van der Waals surface area contributed by atoms with Crippen molar-refractivity contribution in [2.75, 3.05) is 7.11 Å². The molecule has 19 heavy (non-hydrogen) atoms. The van der Waals surface area contributed by atoms with Gasteiger partial charge in [-0.3, -0.25) is 0 Å². The van der Waals surface area contributed by atoms with Crippen LogP contribution in [0.3, 0.4) is 0 Å². The van der Waals surface area contributed by atoms with Crippen molar-refractivity contribution >= 4 is 23.2 Å². The maximum absolute atomic E-state index is 6.31. The fourth-order valence-electron chi connectivity index (χ4n) is 2.43. The Kier molecular flexibility index (Phi) is 5.64. The number of fused-ring (bicyclic) bond motifs is 1.